The first-order valence-electron chi connectivity index (χ1n) is 8.64. The Kier molecular flexibility index (Phi) is 6.41. The van der Waals surface area contributed by atoms with Crippen molar-refractivity contribution in [3.8, 4) is 0 Å². The molecule has 0 saturated heterocycles. The molecule has 0 unspecified atom stereocenters. The van der Waals surface area contributed by atoms with E-state index >= 15 is 0 Å². The number of carbonyl (C=O) groups excluding carboxylic acids is 1. The lowest BCUT2D eigenvalue weighted by atomic mass is 9.59. The maximum atomic E-state index is 12.7. The molecule has 0 bridgehead atoms. The maximum Gasteiger partial charge on any atom is 0.408 e. The minimum atomic E-state index is -2.62. The zero-order valence-electron chi connectivity index (χ0n) is 17.1. The SMILES string of the molecule is CC(C)(C)OC(=O)N[C@@](c1ccc(Cl)cc1)(C(C)(C)C)[C@](C)(C(=O)O)[N+](=O)[O-]. The number of rotatable bonds is 5. The van der Waals surface area contributed by atoms with Gasteiger partial charge in [-0.1, -0.05) is 44.5 Å². The lowest BCUT2D eigenvalue weighted by molar-refractivity contribution is -0.570. The number of carboxylic acid groups (broad SMARTS) is 1. The number of hydrogen-bond donors (Lipinski definition) is 2. The highest BCUT2D eigenvalue weighted by molar-refractivity contribution is 6.30. The Balaban J connectivity index is 3.90. The van der Waals surface area contributed by atoms with Gasteiger partial charge in [0.15, 0.2) is 5.54 Å². The minimum Gasteiger partial charge on any atom is -0.476 e. The molecule has 28 heavy (non-hydrogen) atoms. The van der Waals surface area contributed by atoms with Crippen LogP contribution in [-0.2, 0) is 15.1 Å². The van der Waals surface area contributed by atoms with E-state index in [1.807, 2.05) is 0 Å². The lowest BCUT2D eigenvalue weighted by Gasteiger charge is -2.49. The van der Waals surface area contributed by atoms with E-state index in [1.54, 1.807) is 41.5 Å². The molecule has 2 atom stereocenters. The summed E-state index contributed by atoms with van der Waals surface area (Å²) in [6, 6.07) is 5.90. The highest BCUT2D eigenvalue weighted by atomic mass is 35.5. The lowest BCUT2D eigenvalue weighted by Crippen LogP contribution is -2.72. The van der Waals surface area contributed by atoms with Gasteiger partial charge in [-0.05, 0) is 43.9 Å². The van der Waals surface area contributed by atoms with Gasteiger partial charge >= 0.3 is 17.6 Å². The summed E-state index contributed by atoms with van der Waals surface area (Å²) in [4.78, 5) is 36.1. The fourth-order valence-electron chi connectivity index (χ4n) is 3.36. The normalized spacial score (nSPS) is 16.4. The molecule has 1 rings (SSSR count). The average molecular weight is 415 g/mol. The van der Waals surface area contributed by atoms with Gasteiger partial charge in [0.2, 0.25) is 0 Å². The third-order valence-corrected chi connectivity index (χ3v) is 4.85. The number of benzene rings is 1. The summed E-state index contributed by atoms with van der Waals surface area (Å²) in [5.41, 5.74) is -6.37. The van der Waals surface area contributed by atoms with Crippen molar-refractivity contribution in [2.45, 2.75) is 65.1 Å². The van der Waals surface area contributed by atoms with E-state index in [0.717, 1.165) is 6.92 Å². The minimum absolute atomic E-state index is 0.219. The van der Waals surface area contributed by atoms with E-state index in [-0.39, 0.29) is 5.56 Å². The number of carbonyl (C=O) groups is 2. The maximum absolute atomic E-state index is 12.7. The Labute approximate surface area is 169 Å². The number of nitrogens with one attached hydrogen (secondary N) is 1. The van der Waals surface area contributed by atoms with Gasteiger partial charge < -0.3 is 15.2 Å². The molecule has 8 nitrogen and oxygen atoms in total. The number of halogens is 1. The van der Waals surface area contributed by atoms with Gasteiger partial charge in [-0.15, -0.1) is 0 Å². The van der Waals surface area contributed by atoms with Gasteiger partial charge in [-0.25, -0.2) is 9.59 Å². The molecule has 0 aliphatic carbocycles. The fourth-order valence-corrected chi connectivity index (χ4v) is 3.48. The topological polar surface area (TPSA) is 119 Å². The van der Waals surface area contributed by atoms with Gasteiger partial charge in [0.25, 0.3) is 0 Å². The Morgan fingerprint density at radius 3 is 1.86 bits per heavy atom. The number of carboxylic acids is 1. The third kappa shape index (κ3) is 4.22. The van der Waals surface area contributed by atoms with Crippen LogP contribution in [0.2, 0.25) is 5.02 Å². The van der Waals surface area contributed by atoms with Crippen molar-refractivity contribution in [3.63, 3.8) is 0 Å². The Hall–Kier alpha value is -2.35. The molecule has 0 aliphatic rings. The van der Waals surface area contributed by atoms with Crippen molar-refractivity contribution in [2.75, 3.05) is 0 Å². The number of nitrogens with zero attached hydrogens (tertiary/aromatic N) is 1. The van der Waals surface area contributed by atoms with Gasteiger partial charge in [0, 0.05) is 16.9 Å². The molecule has 0 aliphatic heterocycles. The zero-order valence-corrected chi connectivity index (χ0v) is 17.9. The van der Waals surface area contributed by atoms with Crippen molar-refractivity contribution in [2.24, 2.45) is 5.41 Å². The molecule has 0 aromatic heterocycles. The molecule has 0 heterocycles. The monoisotopic (exact) mass is 414 g/mol. The molecule has 1 aromatic carbocycles. The summed E-state index contributed by atoms with van der Waals surface area (Å²) in [5.74, 6) is -1.70. The second kappa shape index (κ2) is 7.58. The molecule has 0 radical (unpaired) electrons. The molecule has 1 amide bonds. The van der Waals surface area contributed by atoms with Crippen LogP contribution >= 0.6 is 11.6 Å². The molecular formula is C19H27ClN2O6. The first-order chi connectivity index (χ1) is 12.5. The van der Waals surface area contributed by atoms with Crippen LogP contribution in [0.15, 0.2) is 24.3 Å². The van der Waals surface area contributed by atoms with Crippen LogP contribution in [0, 0.1) is 15.5 Å². The van der Waals surface area contributed by atoms with Crippen LogP contribution in [0.3, 0.4) is 0 Å². The second-order valence-corrected chi connectivity index (χ2v) is 9.20. The second-order valence-electron chi connectivity index (χ2n) is 8.77. The molecule has 2 N–H and O–H groups in total. The Morgan fingerprint density at radius 2 is 1.54 bits per heavy atom. The Bertz CT molecular complexity index is 750. The van der Waals surface area contributed by atoms with E-state index in [0.29, 0.717) is 5.02 Å². The molecule has 156 valence electrons. The van der Waals surface area contributed by atoms with Crippen LogP contribution in [0.5, 0.6) is 0 Å². The van der Waals surface area contributed by atoms with Crippen molar-refractivity contribution in [1.29, 1.82) is 0 Å². The van der Waals surface area contributed by atoms with Gasteiger partial charge in [-0.3, -0.25) is 10.1 Å². The first kappa shape index (κ1) is 23.7. The van der Waals surface area contributed by atoms with Crippen molar-refractivity contribution in [1.82, 2.24) is 5.32 Å². The van der Waals surface area contributed by atoms with E-state index in [9.17, 15) is 24.8 Å². The molecule has 9 heteroatoms. The van der Waals surface area contributed by atoms with Gasteiger partial charge in [0.1, 0.15) is 5.60 Å². The molecule has 0 spiro atoms. The summed E-state index contributed by atoms with van der Waals surface area (Å²) in [6.07, 6.45) is -0.966. The third-order valence-electron chi connectivity index (χ3n) is 4.60. The summed E-state index contributed by atoms with van der Waals surface area (Å²) in [6.45, 7) is 10.7. The largest absolute Gasteiger partial charge is 0.476 e. The quantitative estimate of drug-likeness (QED) is 0.549. The summed E-state index contributed by atoms with van der Waals surface area (Å²) >= 11 is 5.95. The van der Waals surface area contributed by atoms with Crippen molar-refractivity contribution in [3.05, 3.63) is 45.0 Å². The van der Waals surface area contributed by atoms with E-state index in [2.05, 4.69) is 5.32 Å². The number of amides is 1. The molecule has 0 saturated carbocycles. The predicted molar refractivity (Wildman–Crippen MR) is 105 cm³/mol. The van der Waals surface area contributed by atoms with Gasteiger partial charge in [-0.2, -0.15) is 0 Å². The van der Waals surface area contributed by atoms with E-state index in [1.165, 1.54) is 24.3 Å². The number of ether oxygens (including phenoxy) is 1. The Morgan fingerprint density at radius 1 is 1.07 bits per heavy atom. The van der Waals surface area contributed by atoms with Crippen LogP contribution in [0.25, 0.3) is 0 Å². The number of alkyl carbamates (subject to hydrolysis) is 1. The van der Waals surface area contributed by atoms with E-state index < -0.39 is 39.1 Å². The summed E-state index contributed by atoms with van der Waals surface area (Å²) in [5, 5.41) is 24.9. The number of hydrogen-bond acceptors (Lipinski definition) is 5. The average Bonchev–Trinajstić information content (AvgIpc) is 2.49. The smallest absolute Gasteiger partial charge is 0.408 e. The number of nitro groups is 1. The number of aliphatic carboxylic acids is 1. The standard InChI is InChI=1S/C19H27ClN2O6/c1-16(2,3)19(12-8-10-13(20)11-9-12,18(7,14(23)24)22(26)27)21-15(25)28-17(4,5)6/h8-11H,1-7H3,(H,21,25)(H,23,24)/t18-,19-/m0/s1. The molecule has 1 aromatic rings. The van der Waals surface area contributed by atoms with Crippen molar-refractivity contribution < 1.29 is 24.4 Å². The van der Waals surface area contributed by atoms with Crippen molar-refractivity contribution >= 4 is 23.7 Å². The van der Waals surface area contributed by atoms with Crippen LogP contribution in [0.4, 0.5) is 4.79 Å². The molecular weight excluding hydrogens is 388 g/mol. The highest BCUT2D eigenvalue weighted by Gasteiger charge is 2.70. The highest BCUT2D eigenvalue weighted by Crippen LogP contribution is 2.49. The van der Waals surface area contributed by atoms with Gasteiger partial charge in [0.05, 0.1) is 0 Å². The zero-order chi connectivity index (χ0) is 22.1. The summed E-state index contributed by atoms with van der Waals surface area (Å²) in [7, 11) is 0. The fraction of sp³-hybridized carbons (Fsp3) is 0.579. The molecule has 0 fully saturated rings. The van der Waals surface area contributed by atoms with E-state index in [4.69, 9.17) is 16.3 Å². The summed E-state index contributed by atoms with van der Waals surface area (Å²) < 4.78 is 5.30. The first-order valence-corrected chi connectivity index (χ1v) is 9.02. The van der Waals surface area contributed by atoms with Crippen LogP contribution in [-0.4, -0.2) is 33.2 Å². The predicted octanol–water partition coefficient (Wildman–Crippen LogP) is 4.23. The van der Waals surface area contributed by atoms with Crippen LogP contribution in [0.1, 0.15) is 54.0 Å². The van der Waals surface area contributed by atoms with Crippen LogP contribution < -0.4 is 5.32 Å².